The van der Waals surface area contributed by atoms with E-state index in [4.69, 9.17) is 14.2 Å². The van der Waals surface area contributed by atoms with Crippen molar-refractivity contribution in [3.05, 3.63) is 102 Å². The molecule has 0 radical (unpaired) electrons. The summed E-state index contributed by atoms with van der Waals surface area (Å²) in [5.74, 6) is 1.77. The van der Waals surface area contributed by atoms with Crippen molar-refractivity contribution < 1.29 is 19.0 Å². The van der Waals surface area contributed by atoms with Gasteiger partial charge < -0.3 is 29.3 Å². The van der Waals surface area contributed by atoms with E-state index in [1.807, 2.05) is 106 Å². The first-order chi connectivity index (χ1) is 20.3. The maximum atomic E-state index is 12.4. The number of ether oxygens (including phenoxy) is 3. The molecule has 4 aromatic rings. The van der Waals surface area contributed by atoms with Gasteiger partial charge in [0.15, 0.2) is 0 Å². The average molecular weight is 568 g/mol. The van der Waals surface area contributed by atoms with Gasteiger partial charge in [-0.15, -0.1) is 0 Å². The van der Waals surface area contributed by atoms with Crippen molar-refractivity contribution >= 4 is 23.3 Å². The van der Waals surface area contributed by atoms with Gasteiger partial charge in [0.2, 0.25) is 11.8 Å². The van der Waals surface area contributed by atoms with Crippen LogP contribution in [-0.2, 0) is 18.0 Å². The van der Waals surface area contributed by atoms with Crippen LogP contribution >= 0.6 is 0 Å². The van der Waals surface area contributed by atoms with Crippen LogP contribution in [0.3, 0.4) is 0 Å². The molecule has 3 heterocycles. The van der Waals surface area contributed by atoms with E-state index in [0.717, 1.165) is 22.6 Å². The Kier molecular flexibility index (Phi) is 9.06. The Labute approximate surface area is 247 Å². The highest BCUT2D eigenvalue weighted by atomic mass is 16.6. The van der Waals surface area contributed by atoms with E-state index in [-0.39, 0.29) is 6.09 Å². The van der Waals surface area contributed by atoms with Crippen molar-refractivity contribution in [1.82, 2.24) is 14.9 Å². The van der Waals surface area contributed by atoms with Crippen LogP contribution in [-0.4, -0.2) is 52.7 Å². The van der Waals surface area contributed by atoms with Crippen molar-refractivity contribution in [2.75, 3.05) is 36.4 Å². The van der Waals surface area contributed by atoms with E-state index in [1.54, 1.807) is 11.1 Å². The quantitative estimate of drug-likeness (QED) is 0.247. The summed E-state index contributed by atoms with van der Waals surface area (Å²) in [6.45, 7) is 8.96. The van der Waals surface area contributed by atoms with Gasteiger partial charge in [0, 0.05) is 32.2 Å². The monoisotopic (exact) mass is 567 g/mol. The molecule has 0 aliphatic carbocycles. The topological polar surface area (TPSA) is 89.1 Å². The third kappa shape index (κ3) is 8.13. The fraction of sp³-hybridized carbons (Fsp3) is 0.303. The zero-order valence-electron chi connectivity index (χ0n) is 24.3. The van der Waals surface area contributed by atoms with Crippen LogP contribution in [0.4, 0.5) is 22.0 Å². The molecule has 9 nitrogen and oxygen atoms in total. The van der Waals surface area contributed by atoms with Gasteiger partial charge in [-0.1, -0.05) is 60.7 Å². The van der Waals surface area contributed by atoms with E-state index in [1.165, 1.54) is 0 Å². The van der Waals surface area contributed by atoms with Crippen LogP contribution in [0.15, 0.2) is 91.1 Å². The van der Waals surface area contributed by atoms with Crippen LogP contribution in [0.2, 0.25) is 0 Å². The molecule has 0 saturated carbocycles. The summed E-state index contributed by atoms with van der Waals surface area (Å²) in [5.41, 5.74) is 3.11. The zero-order valence-corrected chi connectivity index (χ0v) is 24.3. The minimum atomic E-state index is -0.504. The number of aromatic nitrogens is 2. The lowest BCUT2D eigenvalue weighted by Gasteiger charge is -2.36. The SMILES string of the molecule is CC(C)(C)OC(=O)N1CCN(c2ccc(Nc3ccc(OCc4ccccc4)nc3OCc3ccccc3)cn2)CC1. The molecule has 0 unspecified atom stereocenters. The molecule has 0 atom stereocenters. The largest absolute Gasteiger partial charge is 0.473 e. The third-order valence-corrected chi connectivity index (χ3v) is 6.56. The normalized spacial score (nSPS) is 13.4. The minimum absolute atomic E-state index is 0.273. The van der Waals surface area contributed by atoms with Crippen LogP contribution in [0.5, 0.6) is 11.8 Å². The van der Waals surface area contributed by atoms with Gasteiger partial charge in [-0.05, 0) is 50.1 Å². The average Bonchev–Trinajstić information content (AvgIpc) is 3.00. The van der Waals surface area contributed by atoms with Gasteiger partial charge >= 0.3 is 6.09 Å². The predicted molar refractivity (Wildman–Crippen MR) is 163 cm³/mol. The second-order valence-electron chi connectivity index (χ2n) is 11.0. The lowest BCUT2D eigenvalue weighted by atomic mass is 10.2. The van der Waals surface area contributed by atoms with Crippen LogP contribution < -0.4 is 19.7 Å². The summed E-state index contributed by atoms with van der Waals surface area (Å²) in [6, 6.07) is 27.6. The first-order valence-electron chi connectivity index (χ1n) is 14.1. The van der Waals surface area contributed by atoms with E-state index in [9.17, 15) is 4.79 Å². The van der Waals surface area contributed by atoms with Crippen LogP contribution in [0.25, 0.3) is 0 Å². The zero-order chi connectivity index (χ0) is 29.4. The number of amides is 1. The molecule has 1 amide bonds. The molecule has 1 aliphatic rings. The summed E-state index contributed by atoms with van der Waals surface area (Å²) in [6.07, 6.45) is 1.51. The number of rotatable bonds is 9. The number of carbonyl (C=O) groups excluding carboxylic acids is 1. The molecule has 218 valence electrons. The second-order valence-corrected chi connectivity index (χ2v) is 11.0. The van der Waals surface area contributed by atoms with Gasteiger partial charge in [-0.25, -0.2) is 9.78 Å². The Morgan fingerprint density at radius 2 is 1.45 bits per heavy atom. The molecule has 1 fully saturated rings. The summed E-state index contributed by atoms with van der Waals surface area (Å²) in [4.78, 5) is 25.6. The standard InChI is InChI=1S/C33H37N5O4/c1-33(2,3)42-32(39)38-20-18-37(19-21-38)29-16-14-27(22-34-29)35-28-15-17-30(40-23-25-10-6-4-7-11-25)36-31(28)41-24-26-12-8-5-9-13-26/h4-17,22,35H,18-21,23-24H2,1-3H3. The molecule has 2 aromatic carbocycles. The molecular formula is C33H37N5O4. The predicted octanol–water partition coefficient (Wildman–Crippen LogP) is 6.44. The number of benzene rings is 2. The Bertz CT molecular complexity index is 1440. The Morgan fingerprint density at radius 3 is 2.05 bits per heavy atom. The number of hydrogen-bond acceptors (Lipinski definition) is 8. The fourth-order valence-corrected chi connectivity index (χ4v) is 4.41. The van der Waals surface area contributed by atoms with E-state index in [0.29, 0.717) is 56.8 Å². The van der Waals surface area contributed by atoms with Crippen molar-refractivity contribution in [3.63, 3.8) is 0 Å². The summed E-state index contributed by atoms with van der Waals surface area (Å²) >= 11 is 0. The maximum Gasteiger partial charge on any atom is 0.410 e. The summed E-state index contributed by atoms with van der Waals surface area (Å²) in [5, 5.41) is 3.39. The van der Waals surface area contributed by atoms with Gasteiger partial charge in [-0.2, -0.15) is 4.98 Å². The number of anilines is 3. The maximum absolute atomic E-state index is 12.4. The molecule has 1 aliphatic heterocycles. The highest BCUT2D eigenvalue weighted by molar-refractivity contribution is 5.69. The van der Waals surface area contributed by atoms with Gasteiger partial charge in [0.05, 0.1) is 11.9 Å². The number of nitrogens with zero attached hydrogens (tertiary/aromatic N) is 4. The molecule has 0 spiro atoms. The van der Waals surface area contributed by atoms with Gasteiger partial charge in [-0.3, -0.25) is 0 Å². The number of nitrogens with one attached hydrogen (secondary N) is 1. The molecule has 5 rings (SSSR count). The first-order valence-corrected chi connectivity index (χ1v) is 14.1. The minimum Gasteiger partial charge on any atom is -0.473 e. The van der Waals surface area contributed by atoms with Crippen LogP contribution in [0, 0.1) is 0 Å². The highest BCUT2D eigenvalue weighted by Crippen LogP contribution is 2.30. The molecule has 0 bridgehead atoms. The highest BCUT2D eigenvalue weighted by Gasteiger charge is 2.26. The Hall–Kier alpha value is -4.79. The molecular weight excluding hydrogens is 530 g/mol. The van der Waals surface area contributed by atoms with Crippen molar-refractivity contribution in [2.24, 2.45) is 0 Å². The smallest absolute Gasteiger partial charge is 0.410 e. The summed E-state index contributed by atoms with van der Waals surface area (Å²) in [7, 11) is 0. The van der Waals surface area contributed by atoms with Gasteiger partial charge in [0.1, 0.15) is 30.3 Å². The Morgan fingerprint density at radius 1 is 0.810 bits per heavy atom. The van der Waals surface area contributed by atoms with E-state index < -0.39 is 5.60 Å². The fourth-order valence-electron chi connectivity index (χ4n) is 4.41. The van der Waals surface area contributed by atoms with Crippen molar-refractivity contribution in [1.29, 1.82) is 0 Å². The van der Waals surface area contributed by atoms with E-state index in [2.05, 4.69) is 20.2 Å². The number of piperazine rings is 1. The first kappa shape index (κ1) is 28.7. The van der Waals surface area contributed by atoms with Crippen molar-refractivity contribution in [2.45, 2.75) is 39.6 Å². The molecule has 9 heteroatoms. The van der Waals surface area contributed by atoms with E-state index >= 15 is 0 Å². The molecule has 1 saturated heterocycles. The lowest BCUT2D eigenvalue weighted by molar-refractivity contribution is 0.0240. The molecule has 1 N–H and O–H groups in total. The second kappa shape index (κ2) is 13.2. The molecule has 2 aromatic heterocycles. The van der Waals surface area contributed by atoms with Crippen LogP contribution in [0.1, 0.15) is 31.9 Å². The Balaban J connectivity index is 1.23. The number of carbonyl (C=O) groups is 1. The van der Waals surface area contributed by atoms with Gasteiger partial charge in [0.25, 0.3) is 0 Å². The number of pyridine rings is 2. The summed E-state index contributed by atoms with van der Waals surface area (Å²) < 4.78 is 17.6. The molecule has 42 heavy (non-hydrogen) atoms. The number of hydrogen-bond donors (Lipinski definition) is 1. The third-order valence-electron chi connectivity index (χ3n) is 6.56. The van der Waals surface area contributed by atoms with Crippen molar-refractivity contribution in [3.8, 4) is 11.8 Å². The lowest BCUT2D eigenvalue weighted by Crippen LogP contribution is -2.50.